The van der Waals surface area contributed by atoms with E-state index in [9.17, 15) is 0 Å². The zero-order chi connectivity index (χ0) is 30.3. The van der Waals surface area contributed by atoms with Gasteiger partial charge in [-0.05, 0) is 65.1 Å². The minimum absolute atomic E-state index is 0.0539. The van der Waals surface area contributed by atoms with E-state index in [-0.39, 0.29) is 28.8 Å². The second-order valence-electron chi connectivity index (χ2n) is 14.5. The molecule has 6 heteroatoms. The molecule has 1 saturated carbocycles. The van der Waals surface area contributed by atoms with Crippen molar-refractivity contribution in [2.45, 2.75) is 90.1 Å². The van der Waals surface area contributed by atoms with Gasteiger partial charge in [-0.15, -0.1) is 0 Å². The molecule has 2 aromatic carbocycles. The van der Waals surface area contributed by atoms with E-state index in [0.717, 1.165) is 38.5 Å². The van der Waals surface area contributed by atoms with E-state index in [2.05, 4.69) is 108 Å². The van der Waals surface area contributed by atoms with Gasteiger partial charge in [0.05, 0.1) is 25.6 Å². The molecule has 0 bridgehead atoms. The highest BCUT2D eigenvalue weighted by Gasteiger charge is 2.65. The Balaban J connectivity index is 1.41. The van der Waals surface area contributed by atoms with Crippen LogP contribution in [0.5, 0.6) is 0 Å². The van der Waals surface area contributed by atoms with Gasteiger partial charge in [-0.3, -0.25) is 0 Å². The zero-order valence-corrected chi connectivity index (χ0v) is 28.0. The van der Waals surface area contributed by atoms with Crippen molar-refractivity contribution in [3.05, 3.63) is 84.1 Å². The van der Waals surface area contributed by atoms with Gasteiger partial charge in [0.2, 0.25) is 0 Å². The maximum absolute atomic E-state index is 7.24. The molecule has 0 radical (unpaired) electrons. The molecule has 2 aromatic rings. The van der Waals surface area contributed by atoms with Crippen LogP contribution in [0.3, 0.4) is 0 Å². The highest BCUT2D eigenvalue weighted by Crippen LogP contribution is 2.65. The minimum Gasteiger partial charge on any atom is -0.540 e. The number of ether oxygens (including phenoxy) is 4. The van der Waals surface area contributed by atoms with Gasteiger partial charge in [0.25, 0.3) is 0 Å². The average molecular weight is 603 g/mol. The number of methoxy groups -OCH3 is 1. The first kappa shape index (κ1) is 30.8. The zero-order valence-electron chi connectivity index (χ0n) is 27.0. The van der Waals surface area contributed by atoms with Gasteiger partial charge in [0.1, 0.15) is 6.79 Å². The van der Waals surface area contributed by atoms with E-state index in [1.165, 1.54) is 15.9 Å². The molecule has 1 heterocycles. The van der Waals surface area contributed by atoms with Crippen LogP contribution >= 0.6 is 0 Å². The highest BCUT2D eigenvalue weighted by molar-refractivity contribution is 6.99. The molecule has 5 nitrogen and oxygen atoms in total. The van der Waals surface area contributed by atoms with Crippen LogP contribution in [0.4, 0.5) is 0 Å². The first-order valence-electron chi connectivity index (χ1n) is 16.2. The lowest BCUT2D eigenvalue weighted by molar-refractivity contribution is -0.235. The van der Waals surface area contributed by atoms with Crippen molar-refractivity contribution in [3.8, 4) is 0 Å². The third-order valence-corrected chi connectivity index (χ3v) is 16.0. The summed E-state index contributed by atoms with van der Waals surface area (Å²) in [5, 5.41) is 2.48. The topological polar surface area (TPSA) is 46.2 Å². The Morgan fingerprint density at radius 2 is 1.56 bits per heavy atom. The van der Waals surface area contributed by atoms with Crippen LogP contribution in [0.15, 0.2) is 84.1 Å². The largest absolute Gasteiger partial charge is 0.540 e. The molecule has 43 heavy (non-hydrogen) atoms. The molecule has 1 spiro atoms. The Kier molecular flexibility index (Phi) is 8.31. The summed E-state index contributed by atoms with van der Waals surface area (Å²) >= 11 is 0. The number of benzene rings is 2. The molecule has 0 N–H and O–H groups in total. The Labute approximate surface area is 259 Å². The monoisotopic (exact) mass is 602 g/mol. The first-order valence-corrected chi connectivity index (χ1v) is 18.1. The van der Waals surface area contributed by atoms with Crippen LogP contribution in [0.2, 0.25) is 5.04 Å². The summed E-state index contributed by atoms with van der Waals surface area (Å²) in [6, 6.07) is 21.7. The summed E-state index contributed by atoms with van der Waals surface area (Å²) in [7, 11) is -0.982. The minimum atomic E-state index is -2.69. The Hall–Kier alpha value is -2.22. The third-order valence-electron chi connectivity index (χ3n) is 11.1. The molecule has 0 aromatic heterocycles. The summed E-state index contributed by atoms with van der Waals surface area (Å²) in [6.07, 6.45) is 10.6. The van der Waals surface area contributed by atoms with Crippen molar-refractivity contribution in [2.75, 3.05) is 27.1 Å². The van der Waals surface area contributed by atoms with Crippen molar-refractivity contribution in [3.63, 3.8) is 0 Å². The lowest BCUT2D eigenvalue weighted by Crippen LogP contribution is -2.65. The van der Waals surface area contributed by atoms with Crippen LogP contribution in [0.25, 0.3) is 0 Å². The second kappa shape index (κ2) is 11.6. The first-order chi connectivity index (χ1) is 20.6. The maximum atomic E-state index is 7.24. The Bertz CT molecular complexity index is 1290. The fourth-order valence-corrected chi connectivity index (χ4v) is 13.4. The van der Waals surface area contributed by atoms with E-state index < -0.39 is 14.1 Å². The third kappa shape index (κ3) is 4.98. The molecule has 0 unspecified atom stereocenters. The molecular formula is C37H50O5Si. The summed E-state index contributed by atoms with van der Waals surface area (Å²) < 4.78 is 32.1. The fraction of sp³-hybridized carbons (Fsp3) is 0.568. The summed E-state index contributed by atoms with van der Waals surface area (Å²) in [5.74, 6) is -0.0605. The SMILES string of the molecule is COCO[C@H]1C[C@@]2(C)[C@@H](CCC23OCCO3)C2=C1[C@@](C)(/C=C/O[Si](c1ccccc1)(c1ccccc1)C(C)(C)C)CCC2. The number of hydrogen-bond donors (Lipinski definition) is 0. The predicted octanol–water partition coefficient (Wildman–Crippen LogP) is 7.12. The van der Waals surface area contributed by atoms with E-state index in [1.807, 2.05) is 0 Å². The predicted molar refractivity (Wildman–Crippen MR) is 174 cm³/mol. The number of fused-ring (bicyclic) bond motifs is 3. The van der Waals surface area contributed by atoms with E-state index >= 15 is 0 Å². The molecule has 1 aliphatic heterocycles. The molecule has 1 saturated heterocycles. The molecular weight excluding hydrogens is 552 g/mol. The molecule has 232 valence electrons. The van der Waals surface area contributed by atoms with Crippen molar-refractivity contribution >= 4 is 18.7 Å². The summed E-state index contributed by atoms with van der Waals surface area (Å²) in [6.45, 7) is 13.4. The Morgan fingerprint density at radius 1 is 0.930 bits per heavy atom. The van der Waals surface area contributed by atoms with Gasteiger partial charge in [0.15, 0.2) is 5.79 Å². The van der Waals surface area contributed by atoms with Gasteiger partial charge in [-0.2, -0.15) is 0 Å². The molecule has 4 atom stereocenters. The standard InChI is InChI=1S/C37H50O5Si/c1-34(2,3)43(28-14-9-7-10-15-28,29-16-11-8-12-17-29)42-23-22-35(4)20-13-18-30-31-19-21-37(40-24-25-41-37)36(31,5)26-32(33(30)35)39-27-38-6/h7-12,14-17,22-23,31-32H,13,18-21,24-27H2,1-6H3/b23-22+/t31-,32-,35+,36-/m0/s1. The van der Waals surface area contributed by atoms with Crippen LogP contribution in [-0.4, -0.2) is 47.3 Å². The van der Waals surface area contributed by atoms with Gasteiger partial charge in [-0.1, -0.05) is 101 Å². The number of allylic oxidation sites excluding steroid dienone is 2. The van der Waals surface area contributed by atoms with E-state index in [1.54, 1.807) is 12.7 Å². The highest BCUT2D eigenvalue weighted by atomic mass is 28.4. The molecule has 2 fully saturated rings. The van der Waals surface area contributed by atoms with Crippen molar-refractivity contribution in [2.24, 2.45) is 16.7 Å². The molecule has 6 rings (SSSR count). The summed E-state index contributed by atoms with van der Waals surface area (Å²) in [4.78, 5) is 0. The van der Waals surface area contributed by atoms with Gasteiger partial charge in [0, 0.05) is 24.4 Å². The van der Waals surface area contributed by atoms with Gasteiger partial charge in [-0.25, -0.2) is 0 Å². The number of hydrogen-bond acceptors (Lipinski definition) is 5. The Morgan fingerprint density at radius 3 is 2.14 bits per heavy atom. The van der Waals surface area contributed by atoms with Crippen molar-refractivity contribution < 1.29 is 23.4 Å². The van der Waals surface area contributed by atoms with Crippen LogP contribution in [0.1, 0.15) is 73.1 Å². The quantitative estimate of drug-likeness (QED) is 0.139. The molecule has 0 amide bonds. The lowest BCUT2D eigenvalue weighted by atomic mass is 9.56. The molecule has 4 aliphatic rings. The smallest absolute Gasteiger partial charge is 0.319 e. The average Bonchev–Trinajstić information content (AvgIpc) is 3.59. The van der Waals surface area contributed by atoms with E-state index in [4.69, 9.17) is 23.4 Å². The van der Waals surface area contributed by atoms with Crippen LogP contribution < -0.4 is 10.4 Å². The van der Waals surface area contributed by atoms with Gasteiger partial charge >= 0.3 is 8.32 Å². The van der Waals surface area contributed by atoms with Crippen molar-refractivity contribution in [1.82, 2.24) is 0 Å². The normalized spacial score (nSPS) is 30.6. The second-order valence-corrected chi connectivity index (χ2v) is 18.8. The number of rotatable bonds is 8. The van der Waals surface area contributed by atoms with Crippen LogP contribution in [0, 0.1) is 16.7 Å². The van der Waals surface area contributed by atoms with E-state index in [0.29, 0.717) is 19.1 Å². The lowest BCUT2D eigenvalue weighted by Gasteiger charge is -2.53. The maximum Gasteiger partial charge on any atom is 0.319 e. The van der Waals surface area contributed by atoms with Gasteiger partial charge < -0.3 is 23.4 Å². The molecule has 3 aliphatic carbocycles. The fourth-order valence-electron chi connectivity index (χ4n) is 9.14. The summed E-state index contributed by atoms with van der Waals surface area (Å²) in [5.41, 5.74) is 2.71. The van der Waals surface area contributed by atoms with Crippen LogP contribution in [-0.2, 0) is 23.4 Å². The van der Waals surface area contributed by atoms with Crippen molar-refractivity contribution in [1.29, 1.82) is 0 Å².